The summed E-state index contributed by atoms with van der Waals surface area (Å²) in [5.41, 5.74) is -0.445. The Morgan fingerprint density at radius 2 is 2.27 bits per heavy atom. The van der Waals surface area contributed by atoms with Crippen molar-refractivity contribution in [3.8, 4) is 5.88 Å². The molecule has 15 heavy (non-hydrogen) atoms. The highest BCUT2D eigenvalue weighted by Crippen LogP contribution is 2.15. The second kappa shape index (κ2) is 3.62. The smallest absolute Gasteiger partial charge is 0.261 e. The monoisotopic (exact) mass is 272 g/mol. The normalized spacial score (nSPS) is 10.6. The molecule has 2 aromatic rings. The number of hydrogen-bond donors (Lipinski definition) is 0. The van der Waals surface area contributed by atoms with Crippen molar-refractivity contribution in [2.45, 2.75) is 0 Å². The molecule has 0 aliphatic rings. The van der Waals surface area contributed by atoms with Crippen LogP contribution in [0.3, 0.4) is 0 Å². The molecule has 0 aliphatic heterocycles. The highest BCUT2D eigenvalue weighted by atomic mass is 79.9. The molecule has 2 rings (SSSR count). The number of fused-ring (bicyclic) bond motifs is 1. The molecule has 0 amide bonds. The Hall–Kier alpha value is -1.43. The zero-order valence-electron chi connectivity index (χ0n) is 7.70. The van der Waals surface area contributed by atoms with Crippen LogP contribution in [0.4, 0.5) is 4.39 Å². The van der Waals surface area contributed by atoms with Gasteiger partial charge in [-0.05, 0) is 22.0 Å². The van der Waals surface area contributed by atoms with E-state index in [1.807, 2.05) is 0 Å². The molecule has 0 fully saturated rings. The minimum absolute atomic E-state index is 0.0532. The molecular formula is C9H6BrFN2O2. The van der Waals surface area contributed by atoms with Crippen molar-refractivity contribution in [1.29, 1.82) is 0 Å². The van der Waals surface area contributed by atoms with Gasteiger partial charge in [-0.1, -0.05) is 0 Å². The van der Waals surface area contributed by atoms with E-state index in [-0.39, 0.29) is 11.5 Å². The topological polar surface area (TPSA) is 43.6 Å². The van der Waals surface area contributed by atoms with Crippen LogP contribution in [-0.2, 0) is 0 Å². The summed E-state index contributed by atoms with van der Waals surface area (Å²) in [6.45, 7) is 0. The Bertz CT molecular complexity index is 582. The zero-order chi connectivity index (χ0) is 11.0. The summed E-state index contributed by atoms with van der Waals surface area (Å²) >= 11 is 3.09. The van der Waals surface area contributed by atoms with Crippen LogP contribution in [0.1, 0.15) is 0 Å². The maximum absolute atomic E-state index is 13.4. The van der Waals surface area contributed by atoms with Gasteiger partial charge in [-0.15, -0.1) is 0 Å². The molecule has 0 aromatic carbocycles. The molecule has 0 saturated heterocycles. The van der Waals surface area contributed by atoms with Crippen LogP contribution in [0.2, 0.25) is 0 Å². The van der Waals surface area contributed by atoms with E-state index < -0.39 is 11.4 Å². The third-order valence-corrected chi connectivity index (χ3v) is 2.30. The molecule has 0 spiro atoms. The molecule has 0 N–H and O–H groups in total. The van der Waals surface area contributed by atoms with Crippen LogP contribution in [0, 0.1) is 5.82 Å². The fourth-order valence-corrected chi connectivity index (χ4v) is 1.62. The number of pyridine rings is 1. The molecule has 78 valence electrons. The van der Waals surface area contributed by atoms with E-state index in [9.17, 15) is 9.18 Å². The van der Waals surface area contributed by atoms with Gasteiger partial charge in [0, 0.05) is 10.7 Å². The molecule has 2 heterocycles. The Labute approximate surface area is 92.5 Å². The number of aromatic nitrogens is 2. The Morgan fingerprint density at radius 3 is 2.93 bits per heavy atom. The number of methoxy groups -OCH3 is 1. The standard InChI is InChI=1S/C9H6BrFN2O2/c1-15-7-3-8(14)13-4-5(10)2-6(11)9(13)12-7/h2-4H,1H3. The SMILES string of the molecule is COc1cc(=O)n2cc(Br)cc(F)c2n1. The van der Waals surface area contributed by atoms with Gasteiger partial charge in [-0.2, -0.15) is 4.98 Å². The van der Waals surface area contributed by atoms with Gasteiger partial charge in [0.15, 0.2) is 11.5 Å². The second-order valence-electron chi connectivity index (χ2n) is 2.84. The summed E-state index contributed by atoms with van der Waals surface area (Å²) in [5.74, 6) is -0.485. The Morgan fingerprint density at radius 1 is 1.53 bits per heavy atom. The van der Waals surface area contributed by atoms with Crippen LogP contribution < -0.4 is 10.3 Å². The van der Waals surface area contributed by atoms with Crippen LogP contribution in [0.15, 0.2) is 27.6 Å². The van der Waals surface area contributed by atoms with E-state index in [4.69, 9.17) is 4.74 Å². The van der Waals surface area contributed by atoms with Gasteiger partial charge >= 0.3 is 0 Å². The van der Waals surface area contributed by atoms with Gasteiger partial charge in [0.25, 0.3) is 5.56 Å². The Balaban J connectivity index is 2.91. The number of ether oxygens (including phenoxy) is 1. The quantitative estimate of drug-likeness (QED) is 0.792. The molecule has 0 unspecified atom stereocenters. The highest BCUT2D eigenvalue weighted by molar-refractivity contribution is 9.10. The van der Waals surface area contributed by atoms with Gasteiger partial charge in [-0.25, -0.2) is 4.39 Å². The van der Waals surface area contributed by atoms with Crippen molar-refractivity contribution in [2.24, 2.45) is 0 Å². The number of hydrogen-bond acceptors (Lipinski definition) is 3. The van der Waals surface area contributed by atoms with Gasteiger partial charge < -0.3 is 4.74 Å². The van der Waals surface area contributed by atoms with Crippen molar-refractivity contribution in [1.82, 2.24) is 9.38 Å². The summed E-state index contributed by atoms with van der Waals surface area (Å²) in [6, 6.07) is 2.43. The molecule has 6 heteroatoms. The summed E-state index contributed by atoms with van der Waals surface area (Å²) in [6.07, 6.45) is 1.45. The molecule has 0 aliphatic carbocycles. The van der Waals surface area contributed by atoms with E-state index in [0.29, 0.717) is 4.47 Å². The maximum Gasteiger partial charge on any atom is 0.261 e. The number of rotatable bonds is 1. The van der Waals surface area contributed by atoms with Crippen molar-refractivity contribution in [2.75, 3.05) is 7.11 Å². The Kier molecular flexibility index (Phi) is 2.44. The molecule has 0 atom stereocenters. The van der Waals surface area contributed by atoms with E-state index in [1.54, 1.807) is 0 Å². The molecule has 2 aromatic heterocycles. The largest absolute Gasteiger partial charge is 0.481 e. The van der Waals surface area contributed by atoms with Gasteiger partial charge in [0.2, 0.25) is 5.88 Å². The van der Waals surface area contributed by atoms with E-state index in [0.717, 1.165) is 4.40 Å². The first-order chi connectivity index (χ1) is 7.11. The minimum Gasteiger partial charge on any atom is -0.481 e. The second-order valence-corrected chi connectivity index (χ2v) is 3.75. The molecule has 0 radical (unpaired) electrons. The summed E-state index contributed by atoms with van der Waals surface area (Å²) in [7, 11) is 1.37. The predicted octanol–water partition coefficient (Wildman–Crippen LogP) is 1.60. The van der Waals surface area contributed by atoms with Gasteiger partial charge in [0.05, 0.1) is 13.2 Å². The van der Waals surface area contributed by atoms with Crippen molar-refractivity contribution >= 4 is 21.6 Å². The van der Waals surface area contributed by atoms with Gasteiger partial charge in [0.1, 0.15) is 0 Å². The van der Waals surface area contributed by atoms with Gasteiger partial charge in [-0.3, -0.25) is 9.20 Å². The van der Waals surface area contributed by atoms with Crippen molar-refractivity contribution in [3.63, 3.8) is 0 Å². The lowest BCUT2D eigenvalue weighted by Crippen LogP contribution is -2.15. The minimum atomic E-state index is -0.583. The fraction of sp³-hybridized carbons (Fsp3) is 0.111. The lowest BCUT2D eigenvalue weighted by atomic mass is 10.4. The summed E-state index contributed by atoms with van der Waals surface area (Å²) < 4.78 is 19.8. The fourth-order valence-electron chi connectivity index (χ4n) is 1.21. The zero-order valence-corrected chi connectivity index (χ0v) is 9.28. The number of nitrogens with zero attached hydrogens (tertiary/aromatic N) is 2. The third kappa shape index (κ3) is 1.72. The molecule has 0 saturated carbocycles. The lowest BCUT2D eigenvalue weighted by Gasteiger charge is -2.04. The third-order valence-electron chi connectivity index (χ3n) is 1.87. The summed E-state index contributed by atoms with van der Waals surface area (Å²) in [5, 5.41) is 0. The molecule has 4 nitrogen and oxygen atoms in total. The number of halogens is 2. The predicted molar refractivity (Wildman–Crippen MR) is 55.7 cm³/mol. The lowest BCUT2D eigenvalue weighted by molar-refractivity contribution is 0.396. The van der Waals surface area contributed by atoms with E-state index >= 15 is 0 Å². The van der Waals surface area contributed by atoms with Crippen LogP contribution in [-0.4, -0.2) is 16.5 Å². The molecular weight excluding hydrogens is 267 g/mol. The average molecular weight is 273 g/mol. The highest BCUT2D eigenvalue weighted by Gasteiger charge is 2.08. The summed E-state index contributed by atoms with van der Waals surface area (Å²) in [4.78, 5) is 15.4. The average Bonchev–Trinajstić information content (AvgIpc) is 2.19. The first-order valence-electron chi connectivity index (χ1n) is 4.04. The first-order valence-corrected chi connectivity index (χ1v) is 4.83. The molecule has 0 bridgehead atoms. The van der Waals surface area contributed by atoms with Crippen molar-refractivity contribution in [3.05, 3.63) is 39.0 Å². The first kappa shape index (κ1) is 10.1. The van der Waals surface area contributed by atoms with Crippen LogP contribution in [0.5, 0.6) is 5.88 Å². The van der Waals surface area contributed by atoms with Crippen LogP contribution in [0.25, 0.3) is 5.65 Å². The van der Waals surface area contributed by atoms with Crippen molar-refractivity contribution < 1.29 is 9.13 Å². The van der Waals surface area contributed by atoms with Crippen LogP contribution >= 0.6 is 15.9 Å². The van der Waals surface area contributed by atoms with E-state index in [1.165, 1.54) is 25.4 Å². The van der Waals surface area contributed by atoms with E-state index in [2.05, 4.69) is 20.9 Å². The maximum atomic E-state index is 13.4.